The predicted molar refractivity (Wildman–Crippen MR) is 152 cm³/mol. The van der Waals surface area contributed by atoms with Gasteiger partial charge in [0.2, 0.25) is 11.8 Å². The Hall–Kier alpha value is -3.05. The molecule has 0 aromatic rings. The van der Waals surface area contributed by atoms with Gasteiger partial charge < -0.3 is 35.0 Å². The second-order valence-corrected chi connectivity index (χ2v) is 12.1. The average Bonchev–Trinajstić information content (AvgIpc) is 2.91. The minimum atomic E-state index is -0.890. The van der Waals surface area contributed by atoms with E-state index in [4.69, 9.17) is 9.47 Å². The molecule has 1 atom stereocenters. The molecule has 0 spiro atoms. The fraction of sp³-hybridized carbons (Fsp3) is 0.828. The van der Waals surface area contributed by atoms with Crippen molar-refractivity contribution in [3.05, 3.63) is 0 Å². The van der Waals surface area contributed by atoms with Crippen LogP contribution in [-0.2, 0) is 23.9 Å². The molecule has 234 valence electrons. The van der Waals surface area contributed by atoms with Gasteiger partial charge >= 0.3 is 18.2 Å². The number of rotatable bonds is 13. The van der Waals surface area contributed by atoms with Gasteiger partial charge in [0.25, 0.3) is 0 Å². The number of amides is 4. The van der Waals surface area contributed by atoms with Crippen LogP contribution < -0.4 is 10.6 Å². The van der Waals surface area contributed by atoms with Crippen molar-refractivity contribution in [2.45, 2.75) is 91.1 Å². The highest BCUT2D eigenvalue weighted by molar-refractivity contribution is 5.86. The molecular formula is C29H50N4O8. The first-order chi connectivity index (χ1) is 19.4. The number of hydrogen-bond donors (Lipinski definition) is 3. The molecule has 0 aromatic carbocycles. The number of piperidine rings is 2. The fourth-order valence-corrected chi connectivity index (χ4v) is 5.34. The average molecular weight is 583 g/mol. The summed E-state index contributed by atoms with van der Waals surface area (Å²) in [7, 11) is 0. The Morgan fingerprint density at radius 2 is 1.41 bits per heavy atom. The number of hydrogen-bond acceptors (Lipinski definition) is 7. The van der Waals surface area contributed by atoms with Gasteiger partial charge in [0.05, 0.1) is 19.6 Å². The minimum absolute atomic E-state index is 0.0730. The van der Waals surface area contributed by atoms with Gasteiger partial charge in [-0.15, -0.1) is 0 Å². The van der Waals surface area contributed by atoms with Gasteiger partial charge in [0.15, 0.2) is 0 Å². The molecule has 0 radical (unpaired) electrons. The third-order valence-electron chi connectivity index (χ3n) is 7.75. The Labute approximate surface area is 243 Å². The maximum atomic E-state index is 13.2. The molecule has 2 rings (SSSR count). The van der Waals surface area contributed by atoms with E-state index in [0.29, 0.717) is 50.9 Å². The first kappa shape index (κ1) is 34.2. The summed E-state index contributed by atoms with van der Waals surface area (Å²) >= 11 is 0. The molecule has 2 heterocycles. The molecule has 1 unspecified atom stereocenters. The number of esters is 1. The number of nitrogens with one attached hydrogen (secondary N) is 2. The van der Waals surface area contributed by atoms with Crippen molar-refractivity contribution >= 4 is 30.0 Å². The van der Waals surface area contributed by atoms with Crippen LogP contribution in [0.5, 0.6) is 0 Å². The standard InChI is InChI=1S/C29H50N4O8/c1-5-40-25(35)10-15-30-24(34)20-31-26(36)23(8-6-21-11-16-32(17-12-21)27(37)38)9-7-22-13-18-33(19-14-22)28(39)41-29(2,3)4/h21-23H,5-20H2,1-4H3,(H,30,34)(H,31,36)(H,37,38). The fourth-order valence-electron chi connectivity index (χ4n) is 5.34. The molecule has 2 saturated heterocycles. The maximum Gasteiger partial charge on any atom is 0.410 e. The number of carboxylic acid groups (broad SMARTS) is 1. The third kappa shape index (κ3) is 13.4. The van der Waals surface area contributed by atoms with Crippen LogP contribution >= 0.6 is 0 Å². The van der Waals surface area contributed by atoms with E-state index in [1.165, 1.54) is 4.90 Å². The molecule has 41 heavy (non-hydrogen) atoms. The van der Waals surface area contributed by atoms with Crippen LogP contribution in [0.4, 0.5) is 9.59 Å². The summed E-state index contributed by atoms with van der Waals surface area (Å²) in [5.41, 5.74) is -0.531. The van der Waals surface area contributed by atoms with Crippen molar-refractivity contribution in [1.29, 1.82) is 0 Å². The Morgan fingerprint density at radius 1 is 0.878 bits per heavy atom. The van der Waals surface area contributed by atoms with Crippen molar-refractivity contribution in [3.63, 3.8) is 0 Å². The van der Waals surface area contributed by atoms with E-state index in [0.717, 1.165) is 38.5 Å². The third-order valence-corrected chi connectivity index (χ3v) is 7.75. The molecule has 0 bridgehead atoms. The van der Waals surface area contributed by atoms with Gasteiger partial charge in [-0.1, -0.05) is 0 Å². The van der Waals surface area contributed by atoms with Crippen molar-refractivity contribution in [3.8, 4) is 0 Å². The smallest absolute Gasteiger partial charge is 0.410 e. The second kappa shape index (κ2) is 17.0. The van der Waals surface area contributed by atoms with Crippen LogP contribution in [-0.4, -0.2) is 96.4 Å². The van der Waals surface area contributed by atoms with E-state index in [2.05, 4.69) is 10.6 Å². The Bertz CT molecular complexity index is 875. The number of carbonyl (C=O) groups is 5. The molecule has 12 heteroatoms. The lowest BCUT2D eigenvalue weighted by Crippen LogP contribution is -2.42. The molecule has 12 nitrogen and oxygen atoms in total. The summed E-state index contributed by atoms with van der Waals surface area (Å²) in [5, 5.41) is 14.6. The van der Waals surface area contributed by atoms with E-state index in [9.17, 15) is 29.1 Å². The van der Waals surface area contributed by atoms with E-state index in [1.807, 2.05) is 20.8 Å². The van der Waals surface area contributed by atoms with Gasteiger partial charge in [0.1, 0.15) is 5.60 Å². The van der Waals surface area contributed by atoms with Crippen LogP contribution in [0.15, 0.2) is 0 Å². The van der Waals surface area contributed by atoms with Crippen LogP contribution in [0.1, 0.15) is 85.5 Å². The lowest BCUT2D eigenvalue weighted by molar-refractivity contribution is -0.143. The van der Waals surface area contributed by atoms with E-state index < -0.39 is 11.7 Å². The van der Waals surface area contributed by atoms with Crippen molar-refractivity contribution in [2.75, 3.05) is 45.9 Å². The Kier molecular flexibility index (Phi) is 14.2. The molecule has 0 aromatic heterocycles. The van der Waals surface area contributed by atoms with Crippen LogP contribution in [0.2, 0.25) is 0 Å². The van der Waals surface area contributed by atoms with Gasteiger partial charge in [-0.25, -0.2) is 9.59 Å². The van der Waals surface area contributed by atoms with Crippen molar-refractivity contribution < 1.29 is 38.6 Å². The summed E-state index contributed by atoms with van der Waals surface area (Å²) < 4.78 is 10.3. The normalized spacial score (nSPS) is 17.5. The van der Waals surface area contributed by atoms with Crippen molar-refractivity contribution in [1.82, 2.24) is 20.4 Å². The molecule has 0 aliphatic carbocycles. The Balaban J connectivity index is 1.84. The second-order valence-electron chi connectivity index (χ2n) is 12.1. The summed E-state index contributed by atoms with van der Waals surface area (Å²) in [5.74, 6) is -0.415. The maximum absolute atomic E-state index is 13.2. The van der Waals surface area contributed by atoms with Crippen molar-refractivity contribution in [2.24, 2.45) is 17.8 Å². The number of likely N-dealkylation sites (tertiary alicyclic amines) is 2. The van der Waals surface area contributed by atoms with E-state index in [-0.39, 0.29) is 55.9 Å². The molecule has 2 aliphatic heterocycles. The van der Waals surface area contributed by atoms with Gasteiger partial charge in [0, 0.05) is 38.6 Å². The first-order valence-electron chi connectivity index (χ1n) is 15.0. The summed E-state index contributed by atoms with van der Waals surface area (Å²) in [6, 6.07) is 0. The molecule has 0 saturated carbocycles. The number of ether oxygens (including phenoxy) is 2. The van der Waals surface area contributed by atoms with E-state index in [1.54, 1.807) is 11.8 Å². The van der Waals surface area contributed by atoms with Gasteiger partial charge in [-0.2, -0.15) is 0 Å². The largest absolute Gasteiger partial charge is 0.466 e. The molecular weight excluding hydrogens is 532 g/mol. The summed E-state index contributed by atoms with van der Waals surface area (Å²) in [6.45, 7) is 9.83. The van der Waals surface area contributed by atoms with Crippen LogP contribution in [0, 0.1) is 17.8 Å². The van der Waals surface area contributed by atoms with Gasteiger partial charge in [-0.05, 0) is 90.9 Å². The summed E-state index contributed by atoms with van der Waals surface area (Å²) in [4.78, 5) is 63.6. The molecule has 2 fully saturated rings. The highest BCUT2D eigenvalue weighted by Gasteiger charge is 2.29. The molecule has 2 aliphatic rings. The van der Waals surface area contributed by atoms with Crippen LogP contribution in [0.25, 0.3) is 0 Å². The molecule has 3 N–H and O–H groups in total. The minimum Gasteiger partial charge on any atom is -0.466 e. The SMILES string of the molecule is CCOC(=O)CCNC(=O)CNC(=O)C(CCC1CCN(C(=O)O)CC1)CCC1CCN(C(=O)OC(C)(C)C)CC1. The van der Waals surface area contributed by atoms with E-state index >= 15 is 0 Å². The lowest BCUT2D eigenvalue weighted by atomic mass is 9.84. The zero-order valence-electron chi connectivity index (χ0n) is 25.2. The van der Waals surface area contributed by atoms with Crippen LogP contribution in [0.3, 0.4) is 0 Å². The molecule has 4 amide bonds. The quantitative estimate of drug-likeness (QED) is 0.279. The Morgan fingerprint density at radius 3 is 1.90 bits per heavy atom. The zero-order chi connectivity index (χ0) is 30.4. The highest BCUT2D eigenvalue weighted by atomic mass is 16.6. The topological polar surface area (TPSA) is 155 Å². The predicted octanol–water partition coefficient (Wildman–Crippen LogP) is 3.39. The summed E-state index contributed by atoms with van der Waals surface area (Å²) in [6.07, 6.45) is 5.20. The number of nitrogens with zero attached hydrogens (tertiary/aromatic N) is 2. The highest BCUT2D eigenvalue weighted by Crippen LogP contribution is 2.29. The first-order valence-corrected chi connectivity index (χ1v) is 15.0. The number of carbonyl (C=O) groups excluding carboxylic acids is 4. The van der Waals surface area contributed by atoms with Gasteiger partial charge in [-0.3, -0.25) is 14.4 Å². The lowest BCUT2D eigenvalue weighted by Gasteiger charge is -2.34. The zero-order valence-corrected chi connectivity index (χ0v) is 25.2. The monoisotopic (exact) mass is 582 g/mol.